The first-order chi connectivity index (χ1) is 6.31. The van der Waals surface area contributed by atoms with E-state index in [1.54, 1.807) is 0 Å². The Bertz CT molecular complexity index is 163. The van der Waals surface area contributed by atoms with Crippen LogP contribution in [0.3, 0.4) is 0 Å². The number of rotatable bonds is 4. The molecule has 1 nitrogen and oxygen atoms in total. The zero-order chi connectivity index (χ0) is 9.26. The van der Waals surface area contributed by atoms with E-state index in [-0.39, 0.29) is 0 Å². The predicted octanol–water partition coefficient (Wildman–Crippen LogP) is 2.81. The van der Waals surface area contributed by atoms with Crippen LogP contribution in [-0.4, -0.2) is 12.6 Å². The summed E-state index contributed by atoms with van der Waals surface area (Å²) in [4.78, 5) is 0. The van der Waals surface area contributed by atoms with Crippen LogP contribution in [0.4, 0.5) is 0 Å². The molecule has 0 aromatic carbocycles. The van der Waals surface area contributed by atoms with Gasteiger partial charge in [0.15, 0.2) is 0 Å². The van der Waals surface area contributed by atoms with Crippen LogP contribution in [0.15, 0.2) is 0 Å². The second-order valence-corrected chi connectivity index (χ2v) is 5.06. The van der Waals surface area contributed by atoms with E-state index in [1.165, 1.54) is 38.6 Å². The molecule has 2 saturated carbocycles. The lowest BCUT2D eigenvalue weighted by molar-refractivity contribution is 0.343. The SMILES string of the molecule is CCC1CCC(NCC2CC2)C1C. The van der Waals surface area contributed by atoms with Crippen molar-refractivity contribution in [3.63, 3.8) is 0 Å². The molecule has 76 valence electrons. The van der Waals surface area contributed by atoms with E-state index in [1.807, 2.05) is 0 Å². The lowest BCUT2D eigenvalue weighted by Gasteiger charge is -2.20. The molecule has 3 unspecified atom stereocenters. The van der Waals surface area contributed by atoms with Crippen molar-refractivity contribution in [3.8, 4) is 0 Å². The molecule has 1 N–H and O–H groups in total. The van der Waals surface area contributed by atoms with Crippen LogP contribution in [0.1, 0.15) is 46.0 Å². The first-order valence-corrected chi connectivity index (χ1v) is 6.04. The minimum atomic E-state index is 0.838. The number of hydrogen-bond donors (Lipinski definition) is 1. The molecule has 2 aliphatic carbocycles. The summed E-state index contributed by atoms with van der Waals surface area (Å²) in [7, 11) is 0. The maximum atomic E-state index is 3.76. The van der Waals surface area contributed by atoms with Crippen molar-refractivity contribution in [2.75, 3.05) is 6.54 Å². The summed E-state index contributed by atoms with van der Waals surface area (Å²) < 4.78 is 0. The van der Waals surface area contributed by atoms with Crippen molar-refractivity contribution in [1.29, 1.82) is 0 Å². The molecular formula is C12H23N. The van der Waals surface area contributed by atoms with Crippen LogP contribution in [-0.2, 0) is 0 Å². The van der Waals surface area contributed by atoms with Gasteiger partial charge in [-0.25, -0.2) is 0 Å². The zero-order valence-corrected chi connectivity index (χ0v) is 9.05. The van der Waals surface area contributed by atoms with Crippen LogP contribution in [0.5, 0.6) is 0 Å². The van der Waals surface area contributed by atoms with E-state index in [0.717, 1.165) is 23.8 Å². The molecular weight excluding hydrogens is 158 g/mol. The Balaban J connectivity index is 1.73. The third-order valence-electron chi connectivity index (χ3n) is 4.12. The highest BCUT2D eigenvalue weighted by molar-refractivity contribution is 4.88. The van der Waals surface area contributed by atoms with Crippen molar-refractivity contribution in [2.24, 2.45) is 17.8 Å². The Morgan fingerprint density at radius 2 is 1.92 bits per heavy atom. The van der Waals surface area contributed by atoms with Gasteiger partial charge in [-0.1, -0.05) is 20.3 Å². The molecule has 0 amide bonds. The van der Waals surface area contributed by atoms with E-state index in [4.69, 9.17) is 0 Å². The highest BCUT2D eigenvalue weighted by Gasteiger charge is 2.32. The fraction of sp³-hybridized carbons (Fsp3) is 1.00. The van der Waals surface area contributed by atoms with Gasteiger partial charge in [-0.05, 0) is 50.0 Å². The summed E-state index contributed by atoms with van der Waals surface area (Å²) >= 11 is 0. The lowest BCUT2D eigenvalue weighted by atomic mass is 9.93. The maximum absolute atomic E-state index is 3.76. The second-order valence-electron chi connectivity index (χ2n) is 5.06. The zero-order valence-electron chi connectivity index (χ0n) is 9.05. The molecule has 0 heterocycles. The molecule has 0 aliphatic heterocycles. The van der Waals surface area contributed by atoms with Crippen molar-refractivity contribution in [3.05, 3.63) is 0 Å². The first-order valence-electron chi connectivity index (χ1n) is 6.04. The topological polar surface area (TPSA) is 12.0 Å². The Hall–Kier alpha value is -0.0400. The van der Waals surface area contributed by atoms with Gasteiger partial charge in [0.05, 0.1) is 0 Å². The lowest BCUT2D eigenvalue weighted by Crippen LogP contribution is -2.34. The Labute approximate surface area is 82.3 Å². The summed E-state index contributed by atoms with van der Waals surface area (Å²) in [5, 5.41) is 3.76. The quantitative estimate of drug-likeness (QED) is 0.703. The molecule has 0 radical (unpaired) electrons. The van der Waals surface area contributed by atoms with Crippen LogP contribution in [0.2, 0.25) is 0 Å². The van der Waals surface area contributed by atoms with Crippen LogP contribution in [0.25, 0.3) is 0 Å². The van der Waals surface area contributed by atoms with Crippen molar-refractivity contribution < 1.29 is 0 Å². The minimum absolute atomic E-state index is 0.838. The third-order valence-corrected chi connectivity index (χ3v) is 4.12. The van der Waals surface area contributed by atoms with Crippen molar-refractivity contribution in [2.45, 2.75) is 52.0 Å². The average molecular weight is 181 g/mol. The number of nitrogens with one attached hydrogen (secondary N) is 1. The molecule has 0 bridgehead atoms. The molecule has 0 aromatic rings. The molecule has 0 aromatic heterocycles. The molecule has 1 heteroatoms. The fourth-order valence-electron chi connectivity index (χ4n) is 2.75. The van der Waals surface area contributed by atoms with Gasteiger partial charge in [0.25, 0.3) is 0 Å². The number of hydrogen-bond acceptors (Lipinski definition) is 1. The smallest absolute Gasteiger partial charge is 0.00955 e. The monoisotopic (exact) mass is 181 g/mol. The van der Waals surface area contributed by atoms with E-state index in [2.05, 4.69) is 19.2 Å². The average Bonchev–Trinajstić information content (AvgIpc) is 2.89. The van der Waals surface area contributed by atoms with Crippen molar-refractivity contribution >= 4 is 0 Å². The predicted molar refractivity (Wildman–Crippen MR) is 56.7 cm³/mol. The summed E-state index contributed by atoms with van der Waals surface area (Å²) in [6, 6.07) is 0.838. The summed E-state index contributed by atoms with van der Waals surface area (Å²) in [5.74, 6) is 2.95. The summed E-state index contributed by atoms with van der Waals surface area (Å²) in [6.45, 7) is 6.07. The van der Waals surface area contributed by atoms with Gasteiger partial charge in [0.1, 0.15) is 0 Å². The highest BCUT2D eigenvalue weighted by Crippen LogP contribution is 2.35. The summed E-state index contributed by atoms with van der Waals surface area (Å²) in [5.41, 5.74) is 0. The van der Waals surface area contributed by atoms with E-state index >= 15 is 0 Å². The Morgan fingerprint density at radius 1 is 1.15 bits per heavy atom. The van der Waals surface area contributed by atoms with E-state index in [0.29, 0.717) is 0 Å². The van der Waals surface area contributed by atoms with E-state index < -0.39 is 0 Å². The van der Waals surface area contributed by atoms with Gasteiger partial charge in [-0.15, -0.1) is 0 Å². The largest absolute Gasteiger partial charge is 0.313 e. The maximum Gasteiger partial charge on any atom is 0.00955 e. The Kier molecular flexibility index (Phi) is 2.92. The first kappa shape index (κ1) is 9.51. The molecule has 0 spiro atoms. The van der Waals surface area contributed by atoms with Gasteiger partial charge < -0.3 is 5.32 Å². The highest BCUT2D eigenvalue weighted by atomic mass is 14.9. The molecule has 2 aliphatic rings. The van der Waals surface area contributed by atoms with Gasteiger partial charge in [-0.3, -0.25) is 0 Å². The molecule has 13 heavy (non-hydrogen) atoms. The molecule has 2 rings (SSSR count). The molecule has 3 atom stereocenters. The minimum Gasteiger partial charge on any atom is -0.313 e. The summed E-state index contributed by atoms with van der Waals surface area (Å²) in [6.07, 6.45) is 7.21. The Morgan fingerprint density at radius 3 is 2.46 bits per heavy atom. The standard InChI is InChI=1S/C12H23N/c1-3-11-6-7-12(9(11)2)13-8-10-4-5-10/h9-13H,3-8H2,1-2H3. The van der Waals surface area contributed by atoms with Crippen LogP contribution >= 0.6 is 0 Å². The van der Waals surface area contributed by atoms with Crippen molar-refractivity contribution in [1.82, 2.24) is 5.32 Å². The second kappa shape index (κ2) is 4.00. The van der Waals surface area contributed by atoms with Crippen LogP contribution < -0.4 is 5.32 Å². The van der Waals surface area contributed by atoms with Gasteiger partial charge in [-0.2, -0.15) is 0 Å². The van der Waals surface area contributed by atoms with Gasteiger partial charge in [0, 0.05) is 6.04 Å². The molecule has 2 fully saturated rings. The normalized spacial score (nSPS) is 39.7. The van der Waals surface area contributed by atoms with Crippen LogP contribution in [0, 0.1) is 17.8 Å². The van der Waals surface area contributed by atoms with Gasteiger partial charge in [0.2, 0.25) is 0 Å². The van der Waals surface area contributed by atoms with Gasteiger partial charge >= 0.3 is 0 Å². The fourth-order valence-corrected chi connectivity index (χ4v) is 2.75. The third kappa shape index (κ3) is 2.25. The molecule has 0 saturated heterocycles. The van der Waals surface area contributed by atoms with E-state index in [9.17, 15) is 0 Å².